The van der Waals surface area contributed by atoms with Gasteiger partial charge in [0.1, 0.15) is 6.04 Å². The normalized spacial score (nSPS) is 14.2. The maximum atomic E-state index is 12.8. The molecule has 0 saturated carbocycles. The molecule has 0 bridgehead atoms. The van der Waals surface area contributed by atoms with Gasteiger partial charge >= 0.3 is 5.97 Å². The van der Waals surface area contributed by atoms with Crippen molar-refractivity contribution >= 4 is 23.7 Å². The molecule has 10 heteroatoms. The van der Waals surface area contributed by atoms with E-state index in [0.717, 1.165) is 0 Å². The number of hydrogen-bond donors (Lipinski definition) is 6. The zero-order valence-electron chi connectivity index (χ0n) is 23.5. The van der Waals surface area contributed by atoms with E-state index in [2.05, 4.69) is 16.0 Å². The summed E-state index contributed by atoms with van der Waals surface area (Å²) >= 11 is 0. The SMILES string of the molecule is CC(C)C[C@H](NC(=O)CC(O)c1ccccc1)[C@@H](O)CC(=O)N[C@H](C(=O)NCc1ccc(C(=O)O)cc1)C(C)C. The summed E-state index contributed by atoms with van der Waals surface area (Å²) in [5, 5.41) is 38.4. The van der Waals surface area contributed by atoms with Crippen molar-refractivity contribution in [3.8, 4) is 0 Å². The van der Waals surface area contributed by atoms with Gasteiger partial charge in [0.15, 0.2) is 0 Å². The van der Waals surface area contributed by atoms with Crippen LogP contribution in [0, 0.1) is 11.8 Å². The van der Waals surface area contributed by atoms with Gasteiger partial charge in [0, 0.05) is 6.54 Å². The van der Waals surface area contributed by atoms with Gasteiger partial charge in [-0.3, -0.25) is 14.4 Å². The number of benzene rings is 2. The van der Waals surface area contributed by atoms with Crippen LogP contribution in [0.3, 0.4) is 0 Å². The second-order valence-electron chi connectivity index (χ2n) is 10.7. The molecule has 1 unspecified atom stereocenters. The van der Waals surface area contributed by atoms with Crippen LogP contribution in [0.25, 0.3) is 0 Å². The summed E-state index contributed by atoms with van der Waals surface area (Å²) in [4.78, 5) is 49.3. The molecule has 2 aromatic carbocycles. The Hall–Kier alpha value is -3.76. The first kappa shape index (κ1) is 32.5. The Kier molecular flexibility index (Phi) is 12.8. The van der Waals surface area contributed by atoms with E-state index in [1.165, 1.54) is 12.1 Å². The Morgan fingerprint density at radius 3 is 1.95 bits per heavy atom. The summed E-state index contributed by atoms with van der Waals surface area (Å²) < 4.78 is 0. The highest BCUT2D eigenvalue weighted by atomic mass is 16.4. The monoisotopic (exact) mass is 555 g/mol. The Labute approximate surface area is 235 Å². The number of carboxylic acids is 1. The molecule has 0 aromatic heterocycles. The first-order chi connectivity index (χ1) is 18.9. The predicted octanol–water partition coefficient (Wildman–Crippen LogP) is 2.55. The third-order valence-electron chi connectivity index (χ3n) is 6.43. The van der Waals surface area contributed by atoms with Gasteiger partial charge in [-0.1, -0.05) is 70.2 Å². The topological polar surface area (TPSA) is 165 Å². The van der Waals surface area contributed by atoms with Crippen LogP contribution in [0.1, 0.15) is 74.5 Å². The molecule has 6 N–H and O–H groups in total. The van der Waals surface area contributed by atoms with E-state index in [9.17, 15) is 29.4 Å². The molecule has 0 saturated heterocycles. The van der Waals surface area contributed by atoms with Crippen molar-refractivity contribution in [2.45, 2.75) is 77.8 Å². The number of amides is 3. The Morgan fingerprint density at radius 1 is 0.800 bits per heavy atom. The third-order valence-corrected chi connectivity index (χ3v) is 6.43. The van der Waals surface area contributed by atoms with Gasteiger partial charge in [0.2, 0.25) is 17.7 Å². The largest absolute Gasteiger partial charge is 0.478 e. The lowest BCUT2D eigenvalue weighted by Crippen LogP contribution is -2.51. The molecule has 2 aromatic rings. The van der Waals surface area contributed by atoms with Crippen molar-refractivity contribution in [1.29, 1.82) is 0 Å². The van der Waals surface area contributed by atoms with E-state index >= 15 is 0 Å². The van der Waals surface area contributed by atoms with Crippen LogP contribution >= 0.6 is 0 Å². The zero-order chi connectivity index (χ0) is 29.8. The summed E-state index contributed by atoms with van der Waals surface area (Å²) in [6.45, 7) is 7.57. The van der Waals surface area contributed by atoms with Crippen molar-refractivity contribution in [3.05, 3.63) is 71.3 Å². The Morgan fingerprint density at radius 2 is 1.40 bits per heavy atom. The van der Waals surface area contributed by atoms with Crippen LogP contribution in [-0.2, 0) is 20.9 Å². The summed E-state index contributed by atoms with van der Waals surface area (Å²) in [5.74, 6) is -2.58. The lowest BCUT2D eigenvalue weighted by Gasteiger charge is -2.27. The van der Waals surface area contributed by atoms with Crippen LogP contribution in [0.4, 0.5) is 0 Å². The molecule has 218 valence electrons. The number of hydrogen-bond acceptors (Lipinski definition) is 6. The standard InChI is InChI=1S/C30H41N3O7/c1-18(2)14-23(32-26(36)15-24(34)21-8-6-5-7-9-21)25(35)16-27(37)33-28(19(3)4)29(38)31-17-20-10-12-22(13-11-20)30(39)40/h5-13,18-19,23-25,28,34-35H,14-17H2,1-4H3,(H,31,38)(H,32,36)(H,33,37)(H,39,40)/t23-,24?,25-,28-/m0/s1. The van der Waals surface area contributed by atoms with Gasteiger partial charge in [-0.15, -0.1) is 0 Å². The van der Waals surface area contributed by atoms with E-state index in [-0.39, 0.29) is 36.8 Å². The maximum Gasteiger partial charge on any atom is 0.335 e. The fraction of sp³-hybridized carbons (Fsp3) is 0.467. The highest BCUT2D eigenvalue weighted by molar-refractivity contribution is 5.88. The average molecular weight is 556 g/mol. The smallest absolute Gasteiger partial charge is 0.335 e. The summed E-state index contributed by atoms with van der Waals surface area (Å²) in [7, 11) is 0. The second kappa shape index (κ2) is 15.7. The minimum absolute atomic E-state index is 0.112. The molecule has 0 aliphatic heterocycles. The van der Waals surface area contributed by atoms with Crippen LogP contribution < -0.4 is 16.0 Å². The molecule has 0 fully saturated rings. The number of carbonyl (C=O) groups excluding carboxylic acids is 3. The summed E-state index contributed by atoms with van der Waals surface area (Å²) in [6, 6.07) is 13.3. The number of aliphatic hydroxyl groups is 2. The molecule has 10 nitrogen and oxygen atoms in total. The van der Waals surface area contributed by atoms with Gasteiger partial charge in [0.05, 0.1) is 36.7 Å². The zero-order valence-corrected chi connectivity index (χ0v) is 23.5. The first-order valence-electron chi connectivity index (χ1n) is 13.5. The first-order valence-corrected chi connectivity index (χ1v) is 13.5. The lowest BCUT2D eigenvalue weighted by molar-refractivity contribution is -0.132. The van der Waals surface area contributed by atoms with Gasteiger partial charge in [-0.2, -0.15) is 0 Å². The van der Waals surface area contributed by atoms with E-state index in [0.29, 0.717) is 17.5 Å². The predicted molar refractivity (Wildman–Crippen MR) is 150 cm³/mol. The highest BCUT2D eigenvalue weighted by Crippen LogP contribution is 2.17. The van der Waals surface area contributed by atoms with Crippen molar-refractivity contribution in [2.24, 2.45) is 11.8 Å². The summed E-state index contributed by atoms with van der Waals surface area (Å²) in [6.07, 6.45) is -2.31. The third kappa shape index (κ3) is 10.8. The van der Waals surface area contributed by atoms with E-state index < -0.39 is 48.0 Å². The van der Waals surface area contributed by atoms with Crippen molar-refractivity contribution in [1.82, 2.24) is 16.0 Å². The quantitative estimate of drug-likeness (QED) is 0.196. The number of aromatic carboxylic acids is 1. The minimum Gasteiger partial charge on any atom is -0.478 e. The maximum absolute atomic E-state index is 12.8. The number of rotatable bonds is 15. The van der Waals surface area contributed by atoms with Crippen molar-refractivity contribution < 1.29 is 34.5 Å². The van der Waals surface area contributed by atoms with Crippen LogP contribution in [-0.4, -0.2) is 57.2 Å². The molecule has 3 amide bonds. The minimum atomic E-state index is -1.20. The fourth-order valence-electron chi connectivity index (χ4n) is 4.22. The van der Waals surface area contributed by atoms with Gasteiger partial charge in [0.25, 0.3) is 0 Å². The Bertz CT molecular complexity index is 1120. The molecule has 0 heterocycles. The fourth-order valence-corrected chi connectivity index (χ4v) is 4.22. The molecule has 4 atom stereocenters. The second-order valence-corrected chi connectivity index (χ2v) is 10.7. The highest BCUT2D eigenvalue weighted by Gasteiger charge is 2.29. The summed E-state index contributed by atoms with van der Waals surface area (Å²) in [5.41, 5.74) is 1.45. The number of nitrogens with one attached hydrogen (secondary N) is 3. The van der Waals surface area contributed by atoms with Crippen LogP contribution in [0.15, 0.2) is 54.6 Å². The number of carboxylic acid groups (broad SMARTS) is 1. The van der Waals surface area contributed by atoms with Crippen molar-refractivity contribution in [3.63, 3.8) is 0 Å². The molecule has 0 aliphatic carbocycles. The lowest BCUT2D eigenvalue weighted by atomic mass is 9.96. The van der Waals surface area contributed by atoms with Gasteiger partial charge < -0.3 is 31.3 Å². The van der Waals surface area contributed by atoms with Crippen LogP contribution in [0.5, 0.6) is 0 Å². The Balaban J connectivity index is 1.95. The number of aliphatic hydroxyl groups excluding tert-OH is 2. The van der Waals surface area contributed by atoms with Crippen molar-refractivity contribution in [2.75, 3.05) is 0 Å². The van der Waals surface area contributed by atoms with E-state index in [4.69, 9.17) is 5.11 Å². The average Bonchev–Trinajstić information content (AvgIpc) is 2.90. The molecule has 40 heavy (non-hydrogen) atoms. The molecule has 2 rings (SSSR count). The molecule has 0 spiro atoms. The van der Waals surface area contributed by atoms with Gasteiger partial charge in [-0.25, -0.2) is 4.79 Å². The molecular formula is C30H41N3O7. The van der Waals surface area contributed by atoms with Crippen LogP contribution in [0.2, 0.25) is 0 Å². The number of carbonyl (C=O) groups is 4. The van der Waals surface area contributed by atoms with Gasteiger partial charge in [-0.05, 0) is 41.5 Å². The van der Waals surface area contributed by atoms with E-state index in [1.54, 1.807) is 50.2 Å². The molecule has 0 radical (unpaired) electrons. The molecular weight excluding hydrogens is 514 g/mol. The van der Waals surface area contributed by atoms with E-state index in [1.807, 2.05) is 19.9 Å². The molecule has 0 aliphatic rings.